The highest BCUT2D eigenvalue weighted by Crippen LogP contribution is 2.04. The maximum atomic E-state index is 11.7. The van der Waals surface area contributed by atoms with Crippen molar-refractivity contribution < 1.29 is 19.8 Å². The van der Waals surface area contributed by atoms with Crippen LogP contribution in [0, 0.1) is 0 Å². The van der Waals surface area contributed by atoms with Crippen LogP contribution in [-0.2, 0) is 16.0 Å². The summed E-state index contributed by atoms with van der Waals surface area (Å²) in [6.07, 6.45) is -0.285. The number of carbonyl (C=O) groups is 2. The lowest BCUT2D eigenvalue weighted by Gasteiger charge is -2.13. The summed E-state index contributed by atoms with van der Waals surface area (Å²) >= 11 is 0. The van der Waals surface area contributed by atoms with Crippen molar-refractivity contribution >= 4 is 11.9 Å². The van der Waals surface area contributed by atoms with E-state index in [2.05, 4.69) is 5.32 Å². The molecular weight excluding hydrogens is 260 g/mol. The van der Waals surface area contributed by atoms with Crippen molar-refractivity contribution in [3.05, 3.63) is 35.9 Å². The normalized spacial score (nSPS) is 13.5. The topological polar surface area (TPSA) is 113 Å². The first kappa shape index (κ1) is 16.1. The number of aliphatic hydroxyl groups is 1. The van der Waals surface area contributed by atoms with Crippen LogP contribution in [0.25, 0.3) is 0 Å². The minimum Gasteiger partial charge on any atom is -0.479 e. The minimum atomic E-state index is -1.46. The molecule has 2 atom stereocenters. The minimum absolute atomic E-state index is 0.0352. The molecule has 0 saturated carbocycles. The number of carboxylic acids is 1. The van der Waals surface area contributed by atoms with Gasteiger partial charge in [0.05, 0.1) is 6.04 Å². The zero-order valence-electron chi connectivity index (χ0n) is 11.2. The molecule has 6 heteroatoms. The highest BCUT2D eigenvalue weighted by molar-refractivity contribution is 5.81. The molecule has 0 saturated heterocycles. The molecule has 0 bridgehead atoms. The molecule has 0 aliphatic heterocycles. The number of hydrogen-bond donors (Lipinski definition) is 4. The highest BCUT2D eigenvalue weighted by Gasteiger charge is 2.16. The highest BCUT2D eigenvalue weighted by atomic mass is 16.4. The first-order valence-electron chi connectivity index (χ1n) is 6.49. The third-order valence-corrected chi connectivity index (χ3v) is 2.93. The smallest absolute Gasteiger partial charge is 0.332 e. The fraction of sp³-hybridized carbons (Fsp3) is 0.429. The molecule has 1 aromatic carbocycles. The molecule has 0 spiro atoms. The van der Waals surface area contributed by atoms with Gasteiger partial charge in [-0.25, -0.2) is 4.79 Å². The van der Waals surface area contributed by atoms with E-state index < -0.39 is 18.1 Å². The number of benzene rings is 1. The van der Waals surface area contributed by atoms with E-state index in [-0.39, 0.29) is 18.9 Å². The Bertz CT molecular complexity index is 436. The summed E-state index contributed by atoms with van der Waals surface area (Å²) in [5.74, 6) is -1.63. The Morgan fingerprint density at radius 1 is 1.20 bits per heavy atom. The molecule has 1 unspecified atom stereocenters. The second-order valence-corrected chi connectivity index (χ2v) is 4.56. The molecule has 0 fully saturated rings. The van der Waals surface area contributed by atoms with Crippen molar-refractivity contribution in [2.24, 2.45) is 5.73 Å². The summed E-state index contributed by atoms with van der Waals surface area (Å²) in [5, 5.41) is 20.0. The van der Waals surface area contributed by atoms with Gasteiger partial charge in [-0.2, -0.15) is 0 Å². The van der Waals surface area contributed by atoms with E-state index in [0.717, 1.165) is 5.56 Å². The van der Waals surface area contributed by atoms with E-state index in [1.165, 1.54) is 0 Å². The summed E-state index contributed by atoms with van der Waals surface area (Å²) in [5.41, 5.74) is 6.86. The Balaban J connectivity index is 2.24. The molecule has 0 aromatic heterocycles. The van der Waals surface area contributed by atoms with Crippen LogP contribution in [0.4, 0.5) is 0 Å². The quantitative estimate of drug-likeness (QED) is 0.531. The number of aliphatic carboxylic acids is 1. The van der Waals surface area contributed by atoms with Crippen molar-refractivity contribution in [1.29, 1.82) is 0 Å². The van der Waals surface area contributed by atoms with Crippen molar-refractivity contribution in [2.75, 3.05) is 6.54 Å². The Morgan fingerprint density at radius 3 is 2.45 bits per heavy atom. The Hall–Kier alpha value is -1.92. The van der Waals surface area contributed by atoms with Crippen molar-refractivity contribution in [2.45, 2.75) is 31.4 Å². The van der Waals surface area contributed by atoms with Crippen molar-refractivity contribution in [3.8, 4) is 0 Å². The lowest BCUT2D eigenvalue weighted by Crippen LogP contribution is -2.42. The van der Waals surface area contributed by atoms with Gasteiger partial charge in [-0.15, -0.1) is 0 Å². The average molecular weight is 280 g/mol. The van der Waals surface area contributed by atoms with Crippen LogP contribution in [0.1, 0.15) is 18.4 Å². The Morgan fingerprint density at radius 2 is 1.85 bits per heavy atom. The number of carboxylic acid groups (broad SMARTS) is 1. The molecular formula is C14H20N2O4. The SMILES string of the molecule is N[C@@H](CCc1ccccc1)C(=O)NCCC(O)C(=O)O. The number of rotatable bonds is 8. The first-order chi connectivity index (χ1) is 9.50. The van der Waals surface area contributed by atoms with Gasteiger partial charge in [0.2, 0.25) is 5.91 Å². The summed E-state index contributed by atoms with van der Waals surface area (Å²) in [4.78, 5) is 22.0. The average Bonchev–Trinajstić information content (AvgIpc) is 2.45. The van der Waals surface area contributed by atoms with Gasteiger partial charge >= 0.3 is 5.97 Å². The maximum absolute atomic E-state index is 11.7. The van der Waals surface area contributed by atoms with E-state index in [0.29, 0.717) is 12.8 Å². The zero-order valence-corrected chi connectivity index (χ0v) is 11.2. The van der Waals surface area contributed by atoms with Gasteiger partial charge in [0.25, 0.3) is 0 Å². The monoisotopic (exact) mass is 280 g/mol. The first-order valence-corrected chi connectivity index (χ1v) is 6.49. The summed E-state index contributed by atoms with van der Waals surface area (Å²) in [6.45, 7) is 0.0886. The third kappa shape index (κ3) is 5.81. The second-order valence-electron chi connectivity index (χ2n) is 4.56. The number of hydrogen-bond acceptors (Lipinski definition) is 4. The summed E-state index contributed by atoms with van der Waals surface area (Å²) in [6, 6.07) is 9.06. The number of amides is 1. The number of nitrogens with one attached hydrogen (secondary N) is 1. The molecule has 1 aromatic rings. The van der Waals surface area contributed by atoms with E-state index in [9.17, 15) is 9.59 Å². The van der Waals surface area contributed by atoms with Crippen LogP contribution in [-0.4, -0.2) is 40.8 Å². The predicted octanol–water partition coefficient (Wildman–Crippen LogP) is -0.102. The molecule has 6 nitrogen and oxygen atoms in total. The van der Waals surface area contributed by atoms with E-state index in [4.69, 9.17) is 15.9 Å². The van der Waals surface area contributed by atoms with Crippen LogP contribution in [0.15, 0.2) is 30.3 Å². The van der Waals surface area contributed by atoms with Gasteiger partial charge in [-0.05, 0) is 18.4 Å². The number of nitrogens with two attached hydrogens (primary N) is 1. The van der Waals surface area contributed by atoms with Gasteiger partial charge in [0.1, 0.15) is 0 Å². The van der Waals surface area contributed by atoms with E-state index in [1.807, 2.05) is 30.3 Å². The number of aliphatic hydroxyl groups excluding tert-OH is 1. The molecule has 1 amide bonds. The molecule has 110 valence electrons. The fourth-order valence-corrected chi connectivity index (χ4v) is 1.68. The molecule has 20 heavy (non-hydrogen) atoms. The van der Waals surface area contributed by atoms with Crippen LogP contribution >= 0.6 is 0 Å². The van der Waals surface area contributed by atoms with Gasteiger partial charge in [-0.1, -0.05) is 30.3 Å². The second kappa shape index (κ2) is 8.29. The van der Waals surface area contributed by atoms with Crippen LogP contribution < -0.4 is 11.1 Å². The van der Waals surface area contributed by atoms with Crippen LogP contribution in [0.5, 0.6) is 0 Å². The zero-order chi connectivity index (χ0) is 15.0. The van der Waals surface area contributed by atoms with Gasteiger partial charge < -0.3 is 21.3 Å². The molecule has 0 aliphatic rings. The standard InChI is InChI=1S/C14H20N2O4/c15-11(7-6-10-4-2-1-3-5-10)13(18)16-9-8-12(17)14(19)20/h1-5,11-12,17H,6-9,15H2,(H,16,18)(H,19,20)/t11-,12?/m0/s1. The summed E-state index contributed by atoms with van der Waals surface area (Å²) in [7, 11) is 0. The fourth-order valence-electron chi connectivity index (χ4n) is 1.68. The molecule has 0 radical (unpaired) electrons. The third-order valence-electron chi connectivity index (χ3n) is 2.93. The van der Waals surface area contributed by atoms with Gasteiger partial charge in [0, 0.05) is 13.0 Å². The summed E-state index contributed by atoms with van der Waals surface area (Å²) < 4.78 is 0. The predicted molar refractivity (Wildman–Crippen MR) is 74.0 cm³/mol. The lowest BCUT2D eigenvalue weighted by atomic mass is 10.1. The Kier molecular flexibility index (Phi) is 6.69. The number of carbonyl (C=O) groups excluding carboxylic acids is 1. The van der Waals surface area contributed by atoms with Crippen molar-refractivity contribution in [1.82, 2.24) is 5.32 Å². The largest absolute Gasteiger partial charge is 0.479 e. The molecule has 1 rings (SSSR count). The molecule has 0 heterocycles. The molecule has 0 aliphatic carbocycles. The molecule has 5 N–H and O–H groups in total. The van der Waals surface area contributed by atoms with Crippen molar-refractivity contribution in [3.63, 3.8) is 0 Å². The maximum Gasteiger partial charge on any atom is 0.332 e. The van der Waals surface area contributed by atoms with Gasteiger partial charge in [-0.3, -0.25) is 4.79 Å². The van der Waals surface area contributed by atoms with Crippen LogP contribution in [0.2, 0.25) is 0 Å². The number of aryl methyl sites for hydroxylation is 1. The van der Waals surface area contributed by atoms with Gasteiger partial charge in [0.15, 0.2) is 6.10 Å². The van der Waals surface area contributed by atoms with E-state index >= 15 is 0 Å². The van der Waals surface area contributed by atoms with E-state index in [1.54, 1.807) is 0 Å². The Labute approximate surface area is 117 Å². The van der Waals surface area contributed by atoms with Crippen LogP contribution in [0.3, 0.4) is 0 Å². The lowest BCUT2D eigenvalue weighted by molar-refractivity contribution is -0.147.